The van der Waals surface area contributed by atoms with Crippen LogP contribution in [0.1, 0.15) is 6.42 Å². The highest BCUT2D eigenvalue weighted by Crippen LogP contribution is 2.31. The highest BCUT2D eigenvalue weighted by atomic mass is 16.3. The third-order valence-corrected chi connectivity index (χ3v) is 2.55. The van der Waals surface area contributed by atoms with Crippen molar-refractivity contribution in [2.75, 3.05) is 11.9 Å². The molecule has 0 aliphatic heterocycles. The van der Waals surface area contributed by atoms with E-state index in [1.807, 2.05) is 30.3 Å². The van der Waals surface area contributed by atoms with Gasteiger partial charge < -0.3 is 5.32 Å². The summed E-state index contributed by atoms with van der Waals surface area (Å²) < 4.78 is 0. The Morgan fingerprint density at radius 2 is 1.94 bits per heavy atom. The van der Waals surface area contributed by atoms with Crippen LogP contribution in [0.25, 0.3) is 10.8 Å². The van der Waals surface area contributed by atoms with Crippen molar-refractivity contribution in [3.05, 3.63) is 41.3 Å². The van der Waals surface area contributed by atoms with Crippen molar-refractivity contribution in [3.8, 4) is 6.07 Å². The molecule has 0 aromatic heterocycles. The van der Waals surface area contributed by atoms with Crippen LogP contribution in [-0.4, -0.2) is 6.54 Å². The Morgan fingerprint density at radius 3 is 2.65 bits per heavy atom. The van der Waals surface area contributed by atoms with E-state index in [1.165, 1.54) is 0 Å². The molecule has 2 aromatic rings. The molecule has 0 atom stereocenters. The molecule has 0 radical (unpaired) electrons. The third kappa shape index (κ3) is 2.23. The van der Waals surface area contributed by atoms with Gasteiger partial charge in [-0.25, -0.2) is 0 Å². The second-order valence-electron chi connectivity index (χ2n) is 3.60. The number of hydrogen-bond acceptors (Lipinski definition) is 4. The van der Waals surface area contributed by atoms with Gasteiger partial charge in [-0.2, -0.15) is 5.26 Å². The fraction of sp³-hybridized carbons (Fsp3) is 0.154. The predicted octanol–water partition coefficient (Wildman–Crippen LogP) is 3.56. The molecule has 0 heterocycles. The summed E-state index contributed by atoms with van der Waals surface area (Å²) in [6.45, 7) is 0.592. The van der Waals surface area contributed by atoms with Gasteiger partial charge in [0.05, 0.1) is 12.5 Å². The number of nitroso groups, excluding NO2 is 1. The molecular weight excluding hydrogens is 214 g/mol. The number of nitrogens with one attached hydrogen (secondary N) is 1. The molecule has 0 saturated heterocycles. The van der Waals surface area contributed by atoms with E-state index < -0.39 is 0 Å². The first kappa shape index (κ1) is 11.1. The van der Waals surface area contributed by atoms with Gasteiger partial charge >= 0.3 is 0 Å². The lowest BCUT2D eigenvalue weighted by atomic mass is 10.1. The number of anilines is 1. The van der Waals surface area contributed by atoms with E-state index in [1.54, 1.807) is 6.07 Å². The van der Waals surface area contributed by atoms with Gasteiger partial charge in [0, 0.05) is 23.0 Å². The van der Waals surface area contributed by atoms with Gasteiger partial charge in [0.15, 0.2) is 0 Å². The number of nitrogens with zero attached hydrogens (tertiary/aromatic N) is 2. The van der Waals surface area contributed by atoms with Crippen LogP contribution in [0.15, 0.2) is 41.6 Å². The minimum absolute atomic E-state index is 0.437. The molecule has 0 amide bonds. The van der Waals surface area contributed by atoms with Crippen LogP contribution in [0.2, 0.25) is 0 Å². The van der Waals surface area contributed by atoms with Crippen molar-refractivity contribution in [2.45, 2.75) is 6.42 Å². The summed E-state index contributed by atoms with van der Waals surface area (Å²) >= 11 is 0. The van der Waals surface area contributed by atoms with E-state index in [0.717, 1.165) is 16.5 Å². The summed E-state index contributed by atoms with van der Waals surface area (Å²) in [6, 6.07) is 13.2. The minimum atomic E-state index is 0.437. The SMILES string of the molecule is N#CCCNc1ccc(N=O)c2ccccc12. The van der Waals surface area contributed by atoms with Gasteiger partial charge in [0.25, 0.3) is 0 Å². The number of benzene rings is 2. The summed E-state index contributed by atoms with van der Waals surface area (Å²) in [6.07, 6.45) is 0.446. The molecule has 0 fully saturated rings. The zero-order valence-corrected chi connectivity index (χ0v) is 9.18. The summed E-state index contributed by atoms with van der Waals surface area (Å²) in [7, 11) is 0. The van der Waals surface area contributed by atoms with E-state index in [-0.39, 0.29) is 0 Å². The molecule has 0 spiro atoms. The first-order chi connectivity index (χ1) is 8.36. The summed E-state index contributed by atoms with van der Waals surface area (Å²) in [5.41, 5.74) is 1.36. The maximum Gasteiger partial charge on any atom is 0.115 e. The minimum Gasteiger partial charge on any atom is -0.384 e. The van der Waals surface area contributed by atoms with E-state index in [4.69, 9.17) is 5.26 Å². The molecule has 17 heavy (non-hydrogen) atoms. The number of nitriles is 1. The van der Waals surface area contributed by atoms with Crippen molar-refractivity contribution < 1.29 is 0 Å². The molecule has 0 aliphatic rings. The average Bonchev–Trinajstić information content (AvgIpc) is 2.39. The molecule has 0 aliphatic carbocycles. The van der Waals surface area contributed by atoms with Gasteiger partial charge in [0.1, 0.15) is 5.69 Å². The Labute approximate surface area is 98.8 Å². The molecule has 2 rings (SSSR count). The molecule has 0 saturated carbocycles. The molecule has 0 bridgehead atoms. The molecule has 1 N–H and O–H groups in total. The van der Waals surface area contributed by atoms with E-state index >= 15 is 0 Å². The zero-order valence-electron chi connectivity index (χ0n) is 9.18. The largest absolute Gasteiger partial charge is 0.384 e. The van der Waals surface area contributed by atoms with Crippen LogP contribution >= 0.6 is 0 Å². The molecule has 0 unspecified atom stereocenters. The fourth-order valence-corrected chi connectivity index (χ4v) is 1.77. The second-order valence-corrected chi connectivity index (χ2v) is 3.60. The normalized spacial score (nSPS) is 9.82. The fourth-order valence-electron chi connectivity index (χ4n) is 1.77. The van der Waals surface area contributed by atoms with Gasteiger partial charge in [-0.3, -0.25) is 0 Å². The van der Waals surface area contributed by atoms with Crippen molar-refractivity contribution in [2.24, 2.45) is 5.18 Å². The Kier molecular flexibility index (Phi) is 3.31. The first-order valence-electron chi connectivity index (χ1n) is 5.32. The molecule has 4 heteroatoms. The van der Waals surface area contributed by atoms with Gasteiger partial charge in [0.2, 0.25) is 0 Å². The van der Waals surface area contributed by atoms with Crippen LogP contribution in [-0.2, 0) is 0 Å². The van der Waals surface area contributed by atoms with E-state index in [2.05, 4.69) is 16.6 Å². The maximum atomic E-state index is 10.7. The van der Waals surface area contributed by atoms with Crippen molar-refractivity contribution in [1.29, 1.82) is 5.26 Å². The van der Waals surface area contributed by atoms with Gasteiger partial charge in [-0.15, -0.1) is 4.91 Å². The Hall–Kier alpha value is -2.41. The lowest BCUT2D eigenvalue weighted by Gasteiger charge is -2.09. The monoisotopic (exact) mass is 225 g/mol. The average molecular weight is 225 g/mol. The number of fused-ring (bicyclic) bond motifs is 1. The lowest BCUT2D eigenvalue weighted by Crippen LogP contribution is -2.00. The summed E-state index contributed by atoms with van der Waals surface area (Å²) in [5.74, 6) is 0. The molecular formula is C13H11N3O. The highest BCUT2D eigenvalue weighted by molar-refractivity contribution is 6.00. The number of hydrogen-bond donors (Lipinski definition) is 1. The van der Waals surface area contributed by atoms with Crippen LogP contribution in [0, 0.1) is 16.2 Å². The summed E-state index contributed by atoms with van der Waals surface area (Å²) in [5, 5.41) is 16.4. The summed E-state index contributed by atoms with van der Waals surface area (Å²) in [4.78, 5) is 10.7. The van der Waals surface area contributed by atoms with E-state index in [0.29, 0.717) is 18.7 Å². The highest BCUT2D eigenvalue weighted by Gasteiger charge is 2.05. The maximum absolute atomic E-state index is 10.7. The first-order valence-corrected chi connectivity index (χ1v) is 5.32. The van der Waals surface area contributed by atoms with Crippen molar-refractivity contribution >= 4 is 22.1 Å². The van der Waals surface area contributed by atoms with Crippen molar-refractivity contribution in [1.82, 2.24) is 0 Å². The predicted molar refractivity (Wildman–Crippen MR) is 68.1 cm³/mol. The Balaban J connectivity index is 2.44. The zero-order chi connectivity index (χ0) is 12.1. The Bertz CT molecular complexity index is 587. The van der Waals surface area contributed by atoms with Crippen LogP contribution < -0.4 is 5.32 Å². The van der Waals surface area contributed by atoms with Crippen LogP contribution in [0.5, 0.6) is 0 Å². The van der Waals surface area contributed by atoms with E-state index in [9.17, 15) is 4.91 Å². The standard InChI is InChI=1S/C13H11N3O/c14-8-3-9-15-12-6-7-13(16-17)11-5-2-1-4-10(11)12/h1-2,4-7,15H,3,9H2. The van der Waals surface area contributed by atoms with Gasteiger partial charge in [-0.05, 0) is 17.3 Å². The smallest absolute Gasteiger partial charge is 0.115 e. The van der Waals surface area contributed by atoms with Crippen LogP contribution in [0.3, 0.4) is 0 Å². The Morgan fingerprint density at radius 1 is 1.18 bits per heavy atom. The number of rotatable bonds is 4. The molecule has 2 aromatic carbocycles. The second kappa shape index (κ2) is 5.08. The third-order valence-electron chi connectivity index (χ3n) is 2.55. The topological polar surface area (TPSA) is 65.2 Å². The lowest BCUT2D eigenvalue weighted by molar-refractivity contribution is 1.08. The van der Waals surface area contributed by atoms with Gasteiger partial charge in [-0.1, -0.05) is 24.3 Å². The quantitative estimate of drug-likeness (QED) is 0.639. The van der Waals surface area contributed by atoms with Crippen molar-refractivity contribution in [3.63, 3.8) is 0 Å². The molecule has 4 nitrogen and oxygen atoms in total. The van der Waals surface area contributed by atoms with Crippen LogP contribution in [0.4, 0.5) is 11.4 Å². The molecule has 84 valence electrons.